The van der Waals surface area contributed by atoms with Crippen LogP contribution >= 0.6 is 0 Å². The lowest BCUT2D eigenvalue weighted by Crippen LogP contribution is -2.33. The molecule has 3 N–H and O–H groups in total. The summed E-state index contributed by atoms with van der Waals surface area (Å²) >= 11 is 0. The van der Waals surface area contributed by atoms with E-state index in [1.807, 2.05) is 32.0 Å². The average Bonchev–Trinajstić information content (AvgIpc) is 3.25. The van der Waals surface area contributed by atoms with Crippen molar-refractivity contribution in [3.63, 3.8) is 0 Å². The number of amides is 1. The highest BCUT2D eigenvalue weighted by Gasteiger charge is 2.30. The van der Waals surface area contributed by atoms with Gasteiger partial charge in [0.15, 0.2) is 5.82 Å². The van der Waals surface area contributed by atoms with Crippen LogP contribution in [0.1, 0.15) is 50.3 Å². The number of ether oxygens (including phenoxy) is 1. The van der Waals surface area contributed by atoms with Gasteiger partial charge in [-0.1, -0.05) is 6.07 Å². The zero-order valence-electron chi connectivity index (χ0n) is 15.6. The first kappa shape index (κ1) is 18.9. The van der Waals surface area contributed by atoms with Crippen LogP contribution in [0, 0.1) is 0 Å². The third kappa shape index (κ3) is 5.29. The van der Waals surface area contributed by atoms with Crippen LogP contribution in [-0.2, 0) is 16.0 Å². The van der Waals surface area contributed by atoms with Crippen LogP contribution in [0.5, 0.6) is 0 Å². The van der Waals surface area contributed by atoms with Gasteiger partial charge in [-0.3, -0.25) is 5.10 Å². The minimum Gasteiger partial charge on any atom is -0.446 e. The fourth-order valence-corrected chi connectivity index (χ4v) is 3.21. The van der Waals surface area contributed by atoms with Gasteiger partial charge in [0, 0.05) is 36.3 Å². The van der Waals surface area contributed by atoms with E-state index < -0.39 is 0 Å². The Morgan fingerprint density at radius 2 is 2.22 bits per heavy atom. The Labute approximate surface area is 158 Å². The van der Waals surface area contributed by atoms with E-state index >= 15 is 0 Å². The van der Waals surface area contributed by atoms with Gasteiger partial charge in [0.25, 0.3) is 0 Å². The van der Waals surface area contributed by atoms with Gasteiger partial charge >= 0.3 is 6.09 Å². The highest BCUT2D eigenvalue weighted by Crippen LogP contribution is 2.36. The lowest BCUT2D eigenvalue weighted by molar-refractivity contribution is -0.107. The van der Waals surface area contributed by atoms with Gasteiger partial charge in [-0.2, -0.15) is 5.10 Å². The van der Waals surface area contributed by atoms with Gasteiger partial charge in [0.05, 0.1) is 0 Å². The smallest absolute Gasteiger partial charge is 0.407 e. The first-order valence-electron chi connectivity index (χ1n) is 9.21. The standard InChI is InChI=1S/C19H25N5O3/c1-12(2)21-19(26)27-15-5-4-14(9-15)16-10-18(24-23-16)22-17-6-3-13(7-8-25)11-20-17/h3,6,8,10-12,14-15H,4-5,7,9H2,1-2H3,(H,21,26)(H2,20,22,23,24)/t14-,15+/m0/s1. The van der Waals surface area contributed by atoms with Crippen LogP contribution in [0.15, 0.2) is 24.4 Å². The lowest BCUT2D eigenvalue weighted by atomic mass is 10.0. The maximum atomic E-state index is 11.7. The Morgan fingerprint density at radius 1 is 1.37 bits per heavy atom. The Kier molecular flexibility index (Phi) is 6.05. The summed E-state index contributed by atoms with van der Waals surface area (Å²) in [6, 6.07) is 5.71. The maximum absolute atomic E-state index is 11.7. The summed E-state index contributed by atoms with van der Waals surface area (Å²) in [5.41, 5.74) is 1.89. The number of alkyl carbamates (subject to hydrolysis) is 1. The van der Waals surface area contributed by atoms with E-state index in [0.29, 0.717) is 18.1 Å². The number of nitrogens with one attached hydrogen (secondary N) is 3. The SMILES string of the molecule is CC(C)NC(=O)O[C@@H]1CC[C@H](c2cc(Nc3ccc(CC=O)cn3)n[nH]2)C1. The predicted octanol–water partition coefficient (Wildman–Crippen LogP) is 3.06. The monoisotopic (exact) mass is 371 g/mol. The number of H-pyrrole nitrogens is 1. The first-order chi connectivity index (χ1) is 13.0. The summed E-state index contributed by atoms with van der Waals surface area (Å²) in [5.74, 6) is 1.64. The Balaban J connectivity index is 1.53. The van der Waals surface area contributed by atoms with Crippen molar-refractivity contribution in [2.75, 3.05) is 5.32 Å². The summed E-state index contributed by atoms with van der Waals surface area (Å²) in [4.78, 5) is 26.5. The second-order valence-corrected chi connectivity index (χ2v) is 7.09. The molecule has 8 heteroatoms. The van der Waals surface area contributed by atoms with E-state index in [2.05, 4.69) is 25.8 Å². The van der Waals surface area contributed by atoms with Crippen molar-refractivity contribution in [2.24, 2.45) is 0 Å². The quantitative estimate of drug-likeness (QED) is 0.646. The topological polar surface area (TPSA) is 109 Å². The zero-order chi connectivity index (χ0) is 19.2. The molecule has 0 radical (unpaired) electrons. The number of pyridine rings is 1. The number of rotatable bonds is 7. The number of anilines is 2. The van der Waals surface area contributed by atoms with Gasteiger partial charge in [-0.25, -0.2) is 9.78 Å². The molecule has 2 atom stereocenters. The molecule has 0 unspecified atom stereocenters. The van der Waals surface area contributed by atoms with Gasteiger partial charge in [0.1, 0.15) is 18.2 Å². The Morgan fingerprint density at radius 3 is 2.93 bits per heavy atom. The number of nitrogens with zero attached hydrogens (tertiary/aromatic N) is 2. The molecule has 8 nitrogen and oxygen atoms in total. The van der Waals surface area contributed by atoms with Crippen LogP contribution in [0.2, 0.25) is 0 Å². The molecule has 0 saturated heterocycles. The van der Waals surface area contributed by atoms with Gasteiger partial charge in [-0.05, 0) is 44.7 Å². The molecule has 0 aliphatic heterocycles. The molecule has 1 saturated carbocycles. The van der Waals surface area contributed by atoms with Gasteiger partial charge in [-0.15, -0.1) is 0 Å². The molecule has 1 aliphatic rings. The number of carbonyl (C=O) groups excluding carboxylic acids is 2. The lowest BCUT2D eigenvalue weighted by Gasteiger charge is -2.14. The zero-order valence-corrected chi connectivity index (χ0v) is 15.6. The maximum Gasteiger partial charge on any atom is 0.407 e. The Hall–Kier alpha value is -2.90. The number of aromatic amines is 1. The number of aldehydes is 1. The van der Waals surface area contributed by atoms with Crippen molar-refractivity contribution >= 4 is 24.0 Å². The van der Waals surface area contributed by atoms with Crippen molar-refractivity contribution in [3.05, 3.63) is 35.7 Å². The van der Waals surface area contributed by atoms with Crippen molar-refractivity contribution in [2.45, 2.75) is 57.6 Å². The van der Waals surface area contributed by atoms with Crippen molar-refractivity contribution < 1.29 is 14.3 Å². The normalized spacial score (nSPS) is 19.1. The van der Waals surface area contributed by atoms with Crippen LogP contribution < -0.4 is 10.6 Å². The molecule has 1 amide bonds. The van der Waals surface area contributed by atoms with E-state index in [9.17, 15) is 9.59 Å². The molecule has 0 spiro atoms. The first-order valence-corrected chi connectivity index (χ1v) is 9.21. The molecular formula is C19H25N5O3. The minimum atomic E-state index is -0.355. The fourth-order valence-electron chi connectivity index (χ4n) is 3.21. The van der Waals surface area contributed by atoms with Crippen molar-refractivity contribution in [1.82, 2.24) is 20.5 Å². The summed E-state index contributed by atoms with van der Waals surface area (Å²) in [5, 5.41) is 13.2. The highest BCUT2D eigenvalue weighted by molar-refractivity contribution is 5.67. The van der Waals surface area contributed by atoms with Crippen molar-refractivity contribution in [1.29, 1.82) is 0 Å². The van der Waals surface area contributed by atoms with Crippen LogP contribution in [-0.4, -0.2) is 39.7 Å². The molecular weight excluding hydrogens is 346 g/mol. The Bertz CT molecular complexity index is 772. The van der Waals surface area contributed by atoms with Gasteiger partial charge in [0.2, 0.25) is 0 Å². The average molecular weight is 371 g/mol. The molecule has 2 aromatic heterocycles. The molecule has 3 rings (SSSR count). The van der Waals surface area contributed by atoms with Crippen LogP contribution in [0.4, 0.5) is 16.4 Å². The van der Waals surface area contributed by atoms with E-state index in [1.54, 1.807) is 6.20 Å². The summed E-state index contributed by atoms with van der Waals surface area (Å²) in [6.45, 7) is 3.81. The summed E-state index contributed by atoms with van der Waals surface area (Å²) < 4.78 is 5.47. The third-order valence-corrected chi connectivity index (χ3v) is 4.50. The van der Waals surface area contributed by atoms with Crippen molar-refractivity contribution in [3.8, 4) is 0 Å². The fraction of sp³-hybridized carbons (Fsp3) is 0.474. The van der Waals surface area contributed by atoms with E-state index in [1.165, 1.54) is 0 Å². The summed E-state index contributed by atoms with van der Waals surface area (Å²) in [7, 11) is 0. The van der Waals surface area contributed by atoms with Crippen LogP contribution in [0.25, 0.3) is 0 Å². The van der Waals surface area contributed by atoms with Crippen LogP contribution in [0.3, 0.4) is 0 Å². The summed E-state index contributed by atoms with van der Waals surface area (Å²) in [6.07, 6.45) is 5.04. The molecule has 144 valence electrons. The minimum absolute atomic E-state index is 0.0667. The number of hydrogen-bond donors (Lipinski definition) is 3. The van der Waals surface area contributed by atoms with Gasteiger partial charge < -0.3 is 20.2 Å². The number of aromatic nitrogens is 3. The molecule has 2 aromatic rings. The second kappa shape index (κ2) is 8.66. The largest absolute Gasteiger partial charge is 0.446 e. The molecule has 0 aromatic carbocycles. The van der Waals surface area contributed by atoms with E-state index in [-0.39, 0.29) is 24.2 Å². The predicted molar refractivity (Wildman–Crippen MR) is 101 cm³/mol. The molecule has 2 heterocycles. The highest BCUT2D eigenvalue weighted by atomic mass is 16.6. The molecule has 0 bridgehead atoms. The van der Waals surface area contributed by atoms with E-state index in [4.69, 9.17) is 4.74 Å². The second-order valence-electron chi connectivity index (χ2n) is 7.09. The molecule has 1 aliphatic carbocycles. The number of hydrogen-bond acceptors (Lipinski definition) is 6. The van der Waals surface area contributed by atoms with E-state index in [0.717, 1.165) is 36.8 Å². The molecule has 1 fully saturated rings. The number of carbonyl (C=O) groups is 2. The molecule has 27 heavy (non-hydrogen) atoms. The third-order valence-electron chi connectivity index (χ3n) is 4.50.